The molecule has 2 N–H and O–H groups in total. The Bertz CT molecular complexity index is 380. The van der Waals surface area contributed by atoms with Crippen LogP contribution in [0.2, 0.25) is 0 Å². The van der Waals surface area contributed by atoms with Gasteiger partial charge in [-0.05, 0) is 12.0 Å². The Labute approximate surface area is 89.2 Å². The van der Waals surface area contributed by atoms with E-state index in [1.54, 1.807) is 0 Å². The highest BCUT2D eigenvalue weighted by molar-refractivity contribution is 5.36. The molecular weight excluding hydrogens is 190 g/mol. The van der Waals surface area contributed by atoms with Gasteiger partial charge in [0.1, 0.15) is 0 Å². The second-order valence-corrected chi connectivity index (χ2v) is 4.20. The summed E-state index contributed by atoms with van der Waals surface area (Å²) < 4.78 is 11.8. The number of aryl methyl sites for hydroxylation is 1. The quantitative estimate of drug-likeness (QED) is 0.748. The summed E-state index contributed by atoms with van der Waals surface area (Å²) in [5.74, 6) is -0.485. The van der Waals surface area contributed by atoms with E-state index >= 15 is 0 Å². The fraction of sp³-hybridized carbons (Fsp3) is 0.500. The maximum Gasteiger partial charge on any atom is 0.195 e. The Morgan fingerprint density at radius 2 is 2.27 bits per heavy atom. The van der Waals surface area contributed by atoms with E-state index in [0.717, 1.165) is 12.8 Å². The molecule has 1 aromatic rings. The third kappa shape index (κ3) is 1.31. The number of rotatable bonds is 1. The number of ether oxygens (including phenoxy) is 2. The molecule has 15 heavy (non-hydrogen) atoms. The predicted molar refractivity (Wildman–Crippen MR) is 56.3 cm³/mol. The molecule has 2 aliphatic rings. The molecule has 3 nitrogen and oxygen atoms in total. The molecule has 0 aromatic heterocycles. The average Bonchev–Trinajstić information content (AvgIpc) is 2.86. The summed E-state index contributed by atoms with van der Waals surface area (Å²) in [6, 6.07) is 8.34. The smallest absolute Gasteiger partial charge is 0.195 e. The summed E-state index contributed by atoms with van der Waals surface area (Å²) in [5.41, 5.74) is 8.14. The largest absolute Gasteiger partial charge is 0.343 e. The van der Waals surface area contributed by atoms with Crippen LogP contribution in [0.1, 0.15) is 17.5 Å². The van der Waals surface area contributed by atoms with Crippen molar-refractivity contribution < 1.29 is 9.47 Å². The molecule has 1 spiro atoms. The summed E-state index contributed by atoms with van der Waals surface area (Å²) in [5, 5.41) is 0. The van der Waals surface area contributed by atoms with E-state index in [0.29, 0.717) is 13.2 Å². The lowest BCUT2D eigenvalue weighted by molar-refractivity contribution is -0.173. The van der Waals surface area contributed by atoms with E-state index in [2.05, 4.69) is 18.2 Å². The lowest BCUT2D eigenvalue weighted by atomic mass is 10.1. The lowest BCUT2D eigenvalue weighted by Crippen LogP contribution is -2.27. The van der Waals surface area contributed by atoms with E-state index in [4.69, 9.17) is 15.2 Å². The molecule has 2 atom stereocenters. The van der Waals surface area contributed by atoms with Crippen LogP contribution < -0.4 is 5.73 Å². The van der Waals surface area contributed by atoms with Gasteiger partial charge in [0.2, 0.25) is 0 Å². The molecule has 1 aromatic carbocycles. The Kier molecular flexibility index (Phi) is 2.06. The molecule has 3 rings (SSSR count). The van der Waals surface area contributed by atoms with Crippen LogP contribution in [0, 0.1) is 0 Å². The summed E-state index contributed by atoms with van der Waals surface area (Å²) >= 11 is 0. The van der Waals surface area contributed by atoms with E-state index in [1.165, 1.54) is 11.1 Å². The fourth-order valence-electron chi connectivity index (χ4n) is 2.50. The first kappa shape index (κ1) is 9.33. The van der Waals surface area contributed by atoms with Crippen molar-refractivity contribution >= 4 is 0 Å². The highest BCUT2D eigenvalue weighted by Crippen LogP contribution is 2.44. The zero-order valence-corrected chi connectivity index (χ0v) is 8.61. The van der Waals surface area contributed by atoms with Crippen molar-refractivity contribution in [3.8, 4) is 0 Å². The Balaban J connectivity index is 1.96. The minimum absolute atomic E-state index is 0.0520. The van der Waals surface area contributed by atoms with Crippen molar-refractivity contribution in [3.05, 3.63) is 35.4 Å². The van der Waals surface area contributed by atoms with Gasteiger partial charge in [0, 0.05) is 18.5 Å². The van der Waals surface area contributed by atoms with Crippen LogP contribution in [0.25, 0.3) is 0 Å². The third-order valence-corrected chi connectivity index (χ3v) is 3.27. The standard InChI is InChI=1S/C12H15NO2/c13-7-10-8-14-12(15-10)6-5-9-3-1-2-4-11(9)12/h1-4,10H,5-8,13H2. The predicted octanol–water partition coefficient (Wildman–Crippen LogP) is 1.16. The molecule has 1 aliphatic carbocycles. The zero-order valence-electron chi connectivity index (χ0n) is 8.61. The molecular formula is C12H15NO2. The van der Waals surface area contributed by atoms with Crippen LogP contribution in [0.5, 0.6) is 0 Å². The van der Waals surface area contributed by atoms with Gasteiger partial charge in [0.25, 0.3) is 0 Å². The third-order valence-electron chi connectivity index (χ3n) is 3.27. The van der Waals surface area contributed by atoms with Gasteiger partial charge in [-0.1, -0.05) is 24.3 Å². The molecule has 0 amide bonds. The fourth-order valence-corrected chi connectivity index (χ4v) is 2.50. The molecule has 0 saturated carbocycles. The number of hydrogen-bond donors (Lipinski definition) is 1. The number of hydrogen-bond acceptors (Lipinski definition) is 3. The normalized spacial score (nSPS) is 33.5. The van der Waals surface area contributed by atoms with Gasteiger partial charge in [-0.15, -0.1) is 0 Å². The van der Waals surface area contributed by atoms with Crippen LogP contribution in [-0.2, 0) is 21.7 Å². The Hall–Kier alpha value is -0.900. The molecule has 1 saturated heterocycles. The van der Waals surface area contributed by atoms with Gasteiger partial charge in [0.05, 0.1) is 12.7 Å². The molecule has 0 radical (unpaired) electrons. The van der Waals surface area contributed by atoms with Gasteiger partial charge in [-0.2, -0.15) is 0 Å². The molecule has 0 bridgehead atoms. The van der Waals surface area contributed by atoms with Gasteiger partial charge in [-0.25, -0.2) is 0 Å². The average molecular weight is 205 g/mol. The molecule has 2 unspecified atom stereocenters. The van der Waals surface area contributed by atoms with Gasteiger partial charge < -0.3 is 15.2 Å². The highest BCUT2D eigenvalue weighted by Gasteiger charge is 2.46. The van der Waals surface area contributed by atoms with Crippen LogP contribution in [0.3, 0.4) is 0 Å². The van der Waals surface area contributed by atoms with Gasteiger partial charge in [-0.3, -0.25) is 0 Å². The van der Waals surface area contributed by atoms with Gasteiger partial charge >= 0.3 is 0 Å². The summed E-state index contributed by atoms with van der Waals surface area (Å²) in [6.45, 7) is 1.15. The van der Waals surface area contributed by atoms with Crippen molar-refractivity contribution in [1.82, 2.24) is 0 Å². The molecule has 1 aliphatic heterocycles. The molecule has 80 valence electrons. The van der Waals surface area contributed by atoms with E-state index in [9.17, 15) is 0 Å². The van der Waals surface area contributed by atoms with E-state index in [1.807, 2.05) is 6.07 Å². The maximum absolute atomic E-state index is 5.94. The molecule has 1 heterocycles. The summed E-state index contributed by atoms with van der Waals surface area (Å²) in [6.07, 6.45) is 2.01. The monoisotopic (exact) mass is 205 g/mol. The minimum Gasteiger partial charge on any atom is -0.343 e. The van der Waals surface area contributed by atoms with Crippen LogP contribution in [-0.4, -0.2) is 19.3 Å². The summed E-state index contributed by atoms with van der Waals surface area (Å²) in [4.78, 5) is 0. The SMILES string of the molecule is NCC1COC2(CCc3ccccc32)O1. The van der Waals surface area contributed by atoms with Crippen molar-refractivity contribution in [2.24, 2.45) is 5.73 Å². The summed E-state index contributed by atoms with van der Waals surface area (Å²) in [7, 11) is 0. The number of nitrogens with two attached hydrogens (primary N) is 1. The Morgan fingerprint density at radius 1 is 1.40 bits per heavy atom. The highest BCUT2D eigenvalue weighted by atomic mass is 16.7. The molecule has 3 heteroatoms. The number of fused-ring (bicyclic) bond motifs is 2. The van der Waals surface area contributed by atoms with Crippen LogP contribution >= 0.6 is 0 Å². The van der Waals surface area contributed by atoms with E-state index < -0.39 is 5.79 Å². The second kappa shape index (κ2) is 3.30. The van der Waals surface area contributed by atoms with Crippen molar-refractivity contribution in [2.75, 3.05) is 13.2 Å². The lowest BCUT2D eigenvalue weighted by Gasteiger charge is -2.23. The van der Waals surface area contributed by atoms with Crippen LogP contribution in [0.4, 0.5) is 0 Å². The zero-order chi connectivity index (χ0) is 10.3. The Morgan fingerprint density at radius 3 is 3.07 bits per heavy atom. The minimum atomic E-state index is -0.485. The molecule has 1 fully saturated rings. The first-order valence-electron chi connectivity index (χ1n) is 5.44. The van der Waals surface area contributed by atoms with Crippen molar-refractivity contribution in [2.45, 2.75) is 24.7 Å². The van der Waals surface area contributed by atoms with Gasteiger partial charge in [0.15, 0.2) is 5.79 Å². The van der Waals surface area contributed by atoms with E-state index in [-0.39, 0.29) is 6.10 Å². The van der Waals surface area contributed by atoms with Crippen molar-refractivity contribution in [3.63, 3.8) is 0 Å². The maximum atomic E-state index is 5.94. The first-order valence-corrected chi connectivity index (χ1v) is 5.44. The second-order valence-electron chi connectivity index (χ2n) is 4.20. The van der Waals surface area contributed by atoms with Crippen molar-refractivity contribution in [1.29, 1.82) is 0 Å². The van der Waals surface area contributed by atoms with Crippen LogP contribution in [0.15, 0.2) is 24.3 Å². The topological polar surface area (TPSA) is 44.5 Å². The first-order chi connectivity index (χ1) is 7.34. The number of benzene rings is 1.